The summed E-state index contributed by atoms with van der Waals surface area (Å²) in [6, 6.07) is 0. The molecule has 0 aliphatic heterocycles. The van der Waals surface area contributed by atoms with Crippen molar-refractivity contribution >= 4 is 39.5 Å². The van der Waals surface area contributed by atoms with Crippen molar-refractivity contribution in [3.63, 3.8) is 0 Å². The summed E-state index contributed by atoms with van der Waals surface area (Å²) in [5.41, 5.74) is 0. The van der Waals surface area contributed by atoms with Crippen molar-refractivity contribution in [3.05, 3.63) is 134 Å². The van der Waals surface area contributed by atoms with E-state index in [4.69, 9.17) is 37.0 Å². The quantitative estimate of drug-likeness (QED) is 0.0169. The van der Waals surface area contributed by atoms with E-state index >= 15 is 0 Å². The van der Waals surface area contributed by atoms with Gasteiger partial charge in [-0.2, -0.15) is 0 Å². The molecule has 0 saturated heterocycles. The summed E-state index contributed by atoms with van der Waals surface area (Å²) in [4.78, 5) is 72.7. The number of rotatable bonds is 69. The summed E-state index contributed by atoms with van der Waals surface area (Å²) >= 11 is 0. The van der Waals surface area contributed by atoms with Crippen LogP contribution in [0.15, 0.2) is 134 Å². The molecule has 3 N–H and O–H groups in total. The van der Waals surface area contributed by atoms with E-state index in [0.717, 1.165) is 135 Å². The number of allylic oxidation sites excluding steroid dienone is 22. The van der Waals surface area contributed by atoms with Crippen molar-refractivity contribution in [2.45, 2.75) is 303 Å². The van der Waals surface area contributed by atoms with Crippen LogP contribution >= 0.6 is 15.6 Å². The van der Waals surface area contributed by atoms with Crippen molar-refractivity contribution in [1.82, 2.24) is 0 Å². The van der Waals surface area contributed by atoms with E-state index in [0.29, 0.717) is 32.1 Å². The lowest BCUT2D eigenvalue weighted by Crippen LogP contribution is -2.30. The second-order valence-corrected chi connectivity index (χ2v) is 27.4. The highest BCUT2D eigenvalue weighted by Gasteiger charge is 2.30. The predicted octanol–water partition coefficient (Wildman–Crippen LogP) is 21.3. The fourth-order valence-electron chi connectivity index (χ4n) is 9.45. The van der Waals surface area contributed by atoms with Crippen LogP contribution in [-0.4, -0.2) is 96.7 Å². The molecule has 0 aromatic rings. The number of aliphatic hydroxyl groups is 1. The fraction of sp³-hybridized carbons (Fsp3) is 0.671. The third-order valence-electron chi connectivity index (χ3n) is 15.1. The Morgan fingerprint density at radius 3 is 0.939 bits per heavy atom. The summed E-state index contributed by atoms with van der Waals surface area (Å²) in [7, 11) is -9.98. The normalized spacial score (nSPS) is 14.7. The number of aliphatic hydroxyl groups excluding tert-OH is 1. The average molecular weight is 1420 g/mol. The van der Waals surface area contributed by atoms with Gasteiger partial charge in [0.2, 0.25) is 0 Å². The van der Waals surface area contributed by atoms with Gasteiger partial charge in [-0.25, -0.2) is 9.13 Å². The number of carbonyl (C=O) groups is 4. The van der Waals surface area contributed by atoms with Crippen molar-refractivity contribution in [3.8, 4) is 0 Å². The number of phosphoric acid groups is 2. The molecule has 0 amide bonds. The molecule has 560 valence electrons. The van der Waals surface area contributed by atoms with E-state index < -0.39 is 97.5 Å². The van der Waals surface area contributed by atoms with Crippen molar-refractivity contribution in [2.24, 2.45) is 0 Å². The number of hydrogen-bond acceptors (Lipinski definition) is 15. The van der Waals surface area contributed by atoms with Gasteiger partial charge in [-0.15, -0.1) is 0 Å². The van der Waals surface area contributed by atoms with Gasteiger partial charge < -0.3 is 33.8 Å². The molecule has 0 aromatic carbocycles. The zero-order chi connectivity index (χ0) is 71.8. The number of ether oxygens (including phenoxy) is 4. The van der Waals surface area contributed by atoms with Crippen LogP contribution < -0.4 is 0 Å². The van der Waals surface area contributed by atoms with Gasteiger partial charge in [0, 0.05) is 25.7 Å². The van der Waals surface area contributed by atoms with E-state index in [1.54, 1.807) is 0 Å². The van der Waals surface area contributed by atoms with Crippen LogP contribution in [0.25, 0.3) is 0 Å². The maximum absolute atomic E-state index is 13.1. The number of esters is 4. The summed E-state index contributed by atoms with van der Waals surface area (Å²) < 4.78 is 68.2. The Labute approximate surface area is 593 Å². The van der Waals surface area contributed by atoms with E-state index in [1.165, 1.54) is 64.2 Å². The lowest BCUT2D eigenvalue weighted by molar-refractivity contribution is -0.161. The van der Waals surface area contributed by atoms with Crippen LogP contribution in [0.4, 0.5) is 0 Å². The molecule has 0 aliphatic carbocycles. The summed E-state index contributed by atoms with van der Waals surface area (Å²) in [6.07, 6.45) is 77.6. The molecule has 0 aromatic heterocycles. The third-order valence-corrected chi connectivity index (χ3v) is 17.0. The Hall–Kier alpha value is -4.80. The minimum Gasteiger partial charge on any atom is -0.462 e. The largest absolute Gasteiger partial charge is 0.472 e. The molecule has 5 unspecified atom stereocenters. The SMILES string of the molecule is CC/C=C\C/C=C\C/C=C\C/C=C\C/C=C\C/C=C\CCC(=O)OCC(COP(=O)(O)OCC(O)COP(=O)(O)OCC(COC(=O)CCCC/C=C\C/C=C\C/C=C\C/C=C\CC)OC(=O)CCCCCCCCCCCCCCC)OC(=O)CCCCCCC/C=C\CCCC. The molecule has 0 fully saturated rings. The molecule has 0 heterocycles. The molecule has 17 nitrogen and oxygen atoms in total. The van der Waals surface area contributed by atoms with E-state index in [9.17, 15) is 43.2 Å². The zero-order valence-corrected chi connectivity index (χ0v) is 62.7. The van der Waals surface area contributed by atoms with Gasteiger partial charge >= 0.3 is 39.5 Å². The van der Waals surface area contributed by atoms with Crippen LogP contribution in [0, 0.1) is 0 Å². The van der Waals surface area contributed by atoms with Gasteiger partial charge in [-0.05, 0) is 122 Å². The first-order valence-corrected chi connectivity index (χ1v) is 40.4. The zero-order valence-electron chi connectivity index (χ0n) is 60.9. The maximum Gasteiger partial charge on any atom is 0.472 e. The predicted molar refractivity (Wildman–Crippen MR) is 399 cm³/mol. The number of carbonyl (C=O) groups excluding carboxylic acids is 4. The number of unbranched alkanes of at least 4 members (excludes halogenated alkanes) is 21. The minimum atomic E-state index is -4.99. The second kappa shape index (κ2) is 70.6. The van der Waals surface area contributed by atoms with Gasteiger partial charge in [0.1, 0.15) is 19.3 Å². The van der Waals surface area contributed by atoms with Gasteiger partial charge in [-0.1, -0.05) is 271 Å². The van der Waals surface area contributed by atoms with Gasteiger partial charge in [0.25, 0.3) is 0 Å². The average Bonchev–Trinajstić information content (AvgIpc) is 1.00. The highest BCUT2D eigenvalue weighted by atomic mass is 31.2. The molecule has 0 bridgehead atoms. The molecule has 0 spiro atoms. The molecular formula is C79H132O17P2. The Morgan fingerprint density at radius 1 is 0.296 bits per heavy atom. The van der Waals surface area contributed by atoms with Crippen molar-refractivity contribution < 1.29 is 80.2 Å². The lowest BCUT2D eigenvalue weighted by atomic mass is 10.0. The lowest BCUT2D eigenvalue weighted by Gasteiger charge is -2.21. The molecule has 98 heavy (non-hydrogen) atoms. The first-order valence-electron chi connectivity index (χ1n) is 37.4. The first-order chi connectivity index (χ1) is 47.7. The summed E-state index contributed by atoms with van der Waals surface area (Å²) in [6.45, 7) is 4.45. The molecule has 0 saturated carbocycles. The minimum absolute atomic E-state index is 0.0313. The monoisotopic (exact) mass is 1410 g/mol. The van der Waals surface area contributed by atoms with Gasteiger partial charge in [0.05, 0.1) is 26.4 Å². The maximum atomic E-state index is 13.1. The number of phosphoric ester groups is 2. The Balaban J connectivity index is 5.41. The Bertz CT molecular complexity index is 2380. The smallest absolute Gasteiger partial charge is 0.462 e. The van der Waals surface area contributed by atoms with Gasteiger partial charge in [-0.3, -0.25) is 37.3 Å². The summed E-state index contributed by atoms with van der Waals surface area (Å²) in [5.74, 6) is -2.33. The Morgan fingerprint density at radius 2 is 0.561 bits per heavy atom. The first kappa shape index (κ1) is 93.2. The van der Waals surface area contributed by atoms with Crippen LogP contribution in [-0.2, 0) is 65.4 Å². The Kier molecular flexibility index (Phi) is 67.2. The van der Waals surface area contributed by atoms with Crippen LogP contribution in [0.5, 0.6) is 0 Å². The molecule has 0 radical (unpaired) electrons. The van der Waals surface area contributed by atoms with E-state index in [1.807, 2.05) is 18.2 Å². The van der Waals surface area contributed by atoms with E-state index in [2.05, 4.69) is 143 Å². The highest BCUT2D eigenvalue weighted by molar-refractivity contribution is 7.47. The molecule has 0 rings (SSSR count). The van der Waals surface area contributed by atoms with Crippen LogP contribution in [0.2, 0.25) is 0 Å². The van der Waals surface area contributed by atoms with Crippen molar-refractivity contribution in [2.75, 3.05) is 39.6 Å². The van der Waals surface area contributed by atoms with E-state index in [-0.39, 0.29) is 25.7 Å². The van der Waals surface area contributed by atoms with Gasteiger partial charge in [0.15, 0.2) is 12.2 Å². The van der Waals surface area contributed by atoms with Crippen LogP contribution in [0.3, 0.4) is 0 Å². The summed E-state index contributed by atoms with van der Waals surface area (Å²) in [5, 5.41) is 10.6. The molecular weight excluding hydrogens is 1280 g/mol. The highest BCUT2D eigenvalue weighted by Crippen LogP contribution is 2.45. The standard InChI is InChI=1S/C79H132O17P2/c1-5-9-13-17-21-25-29-32-34-35-36-37-39-42-45-48-52-56-60-64-77(82)89-69-74(95-78(83)65-61-57-53-49-43-28-24-20-16-12-8-4)71-93-97(85,86)91-67-73(80)68-92-98(87,88)94-72-75(96-79(84)66-62-58-54-50-46-40-31-27-23-19-15-11-7-3)70-90-76(81)63-59-55-51-47-44-41-38-33-30-26-22-18-14-10-6-2/h9-10,13-14,20-22,24-26,32-34,36-38,42,44-45,47,52,56,73-75,80H,5-8,11-12,15-19,23,27-31,35,39-41,43,46,48-51,53-55,57-72H2,1-4H3,(H,85,86)(H,87,88)/b13-9-,14-10-,24-20-,25-21-,26-22-,34-32-,37-36-,38-33-,45-42-,47-44-,56-52-. The second-order valence-electron chi connectivity index (χ2n) is 24.5. The van der Waals surface area contributed by atoms with Crippen LogP contribution in [0.1, 0.15) is 285 Å². The number of hydrogen-bond donors (Lipinski definition) is 3. The third kappa shape index (κ3) is 69.7. The topological polar surface area (TPSA) is 237 Å². The molecule has 0 aliphatic rings. The molecule has 19 heteroatoms. The molecule has 5 atom stereocenters. The van der Waals surface area contributed by atoms with Crippen molar-refractivity contribution in [1.29, 1.82) is 0 Å². The fourth-order valence-corrected chi connectivity index (χ4v) is 11.0.